The highest BCUT2D eigenvalue weighted by molar-refractivity contribution is 5.31. The van der Waals surface area contributed by atoms with Gasteiger partial charge in [0, 0.05) is 0 Å². The second kappa shape index (κ2) is 10.3. The zero-order valence-electron chi connectivity index (χ0n) is 18.3. The van der Waals surface area contributed by atoms with E-state index in [1.54, 1.807) is 12.1 Å². The number of benzene rings is 2. The topological polar surface area (TPSA) is 9.23 Å². The van der Waals surface area contributed by atoms with Crippen molar-refractivity contribution in [3.63, 3.8) is 0 Å². The summed E-state index contributed by atoms with van der Waals surface area (Å²) in [6.45, 7) is 2.20. The third kappa shape index (κ3) is 6.64. The van der Waals surface area contributed by atoms with Crippen molar-refractivity contribution in [1.82, 2.24) is 0 Å². The summed E-state index contributed by atoms with van der Waals surface area (Å²) in [5, 5.41) is 0. The first-order valence-electron chi connectivity index (χ1n) is 11.1. The molecule has 0 aliphatic heterocycles. The summed E-state index contributed by atoms with van der Waals surface area (Å²) in [7, 11) is 0. The maximum atomic E-state index is 14.6. The summed E-state index contributed by atoms with van der Waals surface area (Å²) >= 11 is 0. The maximum absolute atomic E-state index is 14.6. The number of hydrogen-bond acceptors (Lipinski definition) is 1. The summed E-state index contributed by atoms with van der Waals surface area (Å²) in [5.74, 6) is 0.259. The second-order valence-corrected chi connectivity index (χ2v) is 8.69. The SMILES string of the molecule is CCC1CCC(c2ccc(CCc3ccc(OC(F)(F)C(F)C(F)(F)F)cc3)c(F)c2)CC1. The summed E-state index contributed by atoms with van der Waals surface area (Å²) in [4.78, 5) is 0. The first kappa shape index (κ1) is 25.4. The van der Waals surface area contributed by atoms with Gasteiger partial charge in [-0.3, -0.25) is 0 Å². The Hall–Kier alpha value is -2.25. The van der Waals surface area contributed by atoms with Gasteiger partial charge in [-0.25, -0.2) is 8.78 Å². The van der Waals surface area contributed by atoms with Crippen LogP contribution in [0.2, 0.25) is 0 Å². The minimum atomic E-state index is -5.74. The van der Waals surface area contributed by atoms with Gasteiger partial charge in [-0.2, -0.15) is 22.0 Å². The van der Waals surface area contributed by atoms with Crippen molar-refractivity contribution >= 4 is 0 Å². The van der Waals surface area contributed by atoms with E-state index in [1.165, 1.54) is 31.4 Å². The van der Waals surface area contributed by atoms with Crippen molar-refractivity contribution in [2.45, 2.75) is 76.2 Å². The van der Waals surface area contributed by atoms with Crippen LogP contribution in [0.15, 0.2) is 42.5 Å². The van der Waals surface area contributed by atoms with E-state index in [2.05, 4.69) is 11.7 Å². The highest BCUT2D eigenvalue weighted by Crippen LogP contribution is 2.38. The lowest BCUT2D eigenvalue weighted by molar-refractivity contribution is -0.304. The number of aryl methyl sites for hydroxylation is 2. The van der Waals surface area contributed by atoms with E-state index in [-0.39, 0.29) is 5.82 Å². The maximum Gasteiger partial charge on any atom is 0.439 e. The largest absolute Gasteiger partial charge is 0.439 e. The van der Waals surface area contributed by atoms with Crippen LogP contribution in [0.1, 0.15) is 61.6 Å². The molecule has 1 aliphatic rings. The fourth-order valence-electron chi connectivity index (χ4n) is 4.33. The molecule has 0 N–H and O–H groups in total. The lowest BCUT2D eigenvalue weighted by Crippen LogP contribution is -2.45. The zero-order chi connectivity index (χ0) is 24.2. The van der Waals surface area contributed by atoms with Crippen molar-refractivity contribution in [2.75, 3.05) is 0 Å². The van der Waals surface area contributed by atoms with E-state index in [9.17, 15) is 30.7 Å². The molecule has 3 rings (SSSR count). The van der Waals surface area contributed by atoms with Gasteiger partial charge < -0.3 is 4.74 Å². The van der Waals surface area contributed by atoms with Crippen LogP contribution in [0, 0.1) is 11.7 Å². The normalized spacial score (nSPS) is 20.5. The fraction of sp³-hybridized carbons (Fsp3) is 0.520. The van der Waals surface area contributed by atoms with Gasteiger partial charge in [-0.1, -0.05) is 37.6 Å². The molecule has 2 aromatic carbocycles. The first-order valence-corrected chi connectivity index (χ1v) is 11.1. The first-order chi connectivity index (χ1) is 15.5. The van der Waals surface area contributed by atoms with Crippen LogP contribution in [0.25, 0.3) is 0 Å². The molecule has 0 saturated heterocycles. The van der Waals surface area contributed by atoms with Gasteiger partial charge in [0.25, 0.3) is 6.17 Å². The molecule has 0 aromatic heterocycles. The highest BCUT2D eigenvalue weighted by Gasteiger charge is 2.59. The Morgan fingerprint density at radius 2 is 1.55 bits per heavy atom. The van der Waals surface area contributed by atoms with Crippen LogP contribution in [0.5, 0.6) is 5.75 Å². The number of ether oxygens (including phenoxy) is 1. The molecule has 0 radical (unpaired) electrons. The van der Waals surface area contributed by atoms with E-state index < -0.39 is 24.2 Å². The Morgan fingerprint density at radius 1 is 0.909 bits per heavy atom. The lowest BCUT2D eigenvalue weighted by Gasteiger charge is -2.28. The quantitative estimate of drug-likeness (QED) is 0.349. The third-order valence-electron chi connectivity index (χ3n) is 6.42. The Bertz CT molecular complexity index is 900. The highest BCUT2D eigenvalue weighted by atomic mass is 19.4. The monoisotopic (exact) mass is 476 g/mol. The van der Waals surface area contributed by atoms with E-state index in [0.29, 0.717) is 29.9 Å². The van der Waals surface area contributed by atoms with Crippen molar-refractivity contribution < 1.29 is 35.5 Å². The van der Waals surface area contributed by atoms with E-state index in [4.69, 9.17) is 0 Å². The molecule has 8 heteroatoms. The Kier molecular flexibility index (Phi) is 7.96. The van der Waals surface area contributed by atoms with Gasteiger partial charge in [0.05, 0.1) is 0 Å². The zero-order valence-corrected chi connectivity index (χ0v) is 18.3. The molecule has 1 fully saturated rings. The molecule has 0 heterocycles. The van der Waals surface area contributed by atoms with Crippen molar-refractivity contribution in [2.24, 2.45) is 5.92 Å². The van der Waals surface area contributed by atoms with E-state index >= 15 is 0 Å². The Morgan fingerprint density at radius 3 is 2.09 bits per heavy atom. The molecule has 1 aliphatic carbocycles. The van der Waals surface area contributed by atoms with Crippen LogP contribution in [-0.4, -0.2) is 18.5 Å². The van der Waals surface area contributed by atoms with E-state index in [1.807, 2.05) is 6.07 Å². The number of alkyl halides is 6. The predicted octanol–water partition coefficient (Wildman–Crippen LogP) is 8.17. The number of halogens is 7. The average Bonchev–Trinajstić information content (AvgIpc) is 2.78. The van der Waals surface area contributed by atoms with E-state index in [0.717, 1.165) is 36.5 Å². The van der Waals surface area contributed by atoms with Gasteiger partial charge in [0.15, 0.2) is 0 Å². The summed E-state index contributed by atoms with van der Waals surface area (Å²) in [6, 6.07) is 10.2. The molecule has 2 aromatic rings. The smallest absolute Gasteiger partial charge is 0.430 e. The lowest BCUT2D eigenvalue weighted by atomic mass is 9.77. The molecule has 1 nitrogen and oxygen atoms in total. The number of hydrogen-bond donors (Lipinski definition) is 0. The van der Waals surface area contributed by atoms with Gasteiger partial charge >= 0.3 is 12.3 Å². The molecular weight excluding hydrogens is 449 g/mol. The summed E-state index contributed by atoms with van der Waals surface area (Å²) in [5.41, 5.74) is 2.19. The molecule has 0 amide bonds. The standard InChI is InChI=1S/C25H27F7O/c1-2-16-3-8-18(9-4-16)20-12-11-19(22(26)15-20)10-5-17-6-13-21(14-7-17)33-25(31,32)23(27)24(28,29)30/h6-7,11-16,18,23H,2-5,8-10H2,1H3. The average molecular weight is 476 g/mol. The van der Waals surface area contributed by atoms with Crippen LogP contribution in [0.3, 0.4) is 0 Å². The van der Waals surface area contributed by atoms with Gasteiger partial charge in [-0.05, 0) is 85.3 Å². The van der Waals surface area contributed by atoms with Crippen molar-refractivity contribution in [3.05, 3.63) is 65.0 Å². The second-order valence-electron chi connectivity index (χ2n) is 8.69. The van der Waals surface area contributed by atoms with Crippen LogP contribution in [0.4, 0.5) is 30.7 Å². The van der Waals surface area contributed by atoms with Crippen LogP contribution >= 0.6 is 0 Å². The molecule has 1 atom stereocenters. The molecule has 0 spiro atoms. The van der Waals surface area contributed by atoms with Crippen molar-refractivity contribution in [3.8, 4) is 5.75 Å². The van der Waals surface area contributed by atoms with Gasteiger partial charge in [0.1, 0.15) is 11.6 Å². The molecule has 33 heavy (non-hydrogen) atoms. The molecule has 1 unspecified atom stereocenters. The van der Waals surface area contributed by atoms with Gasteiger partial charge in [0.2, 0.25) is 0 Å². The summed E-state index contributed by atoms with van der Waals surface area (Å²) < 4.78 is 94.8. The third-order valence-corrected chi connectivity index (χ3v) is 6.42. The summed E-state index contributed by atoms with van der Waals surface area (Å²) in [6.07, 6.45) is -8.81. The molecule has 0 bridgehead atoms. The minimum absolute atomic E-state index is 0.286. The molecular formula is C25H27F7O. The minimum Gasteiger partial charge on any atom is -0.430 e. The fourth-order valence-corrected chi connectivity index (χ4v) is 4.33. The Balaban J connectivity index is 1.56. The van der Waals surface area contributed by atoms with Crippen LogP contribution in [-0.2, 0) is 12.8 Å². The predicted molar refractivity (Wildman–Crippen MR) is 112 cm³/mol. The molecule has 182 valence electrons. The van der Waals surface area contributed by atoms with Crippen molar-refractivity contribution in [1.29, 1.82) is 0 Å². The Labute approximate surface area is 188 Å². The van der Waals surface area contributed by atoms with Crippen LogP contribution < -0.4 is 4.74 Å². The van der Waals surface area contributed by atoms with Gasteiger partial charge in [-0.15, -0.1) is 0 Å². The molecule has 1 saturated carbocycles. The number of rotatable bonds is 8.